The summed E-state index contributed by atoms with van der Waals surface area (Å²) in [4.78, 5) is 0. The molecule has 2 aromatic carbocycles. The van der Waals surface area contributed by atoms with Gasteiger partial charge in [0.05, 0.1) is 0 Å². The fraction of sp³-hybridized carbons (Fsp3) is 0.556. The molecule has 0 saturated heterocycles. The Balaban J connectivity index is -0.000000221. The summed E-state index contributed by atoms with van der Waals surface area (Å²) >= 11 is 1.21. The van der Waals surface area contributed by atoms with Crippen LogP contribution in [0.25, 0.3) is 11.5 Å². The molecule has 0 saturated carbocycles. The van der Waals surface area contributed by atoms with Crippen molar-refractivity contribution in [2.75, 3.05) is 14.1 Å². The van der Waals surface area contributed by atoms with Crippen LogP contribution in [-0.2, 0) is 20.9 Å². The van der Waals surface area contributed by atoms with E-state index >= 15 is 0 Å². The molecule has 0 aromatic heterocycles. The molecule has 0 bridgehead atoms. The van der Waals surface area contributed by atoms with Gasteiger partial charge in [-0.25, -0.2) is 0 Å². The topological polar surface area (TPSA) is 60.0 Å². The van der Waals surface area contributed by atoms with Crippen LogP contribution in [0.15, 0.2) is 63.7 Å². The Labute approximate surface area is 238 Å². The van der Waals surface area contributed by atoms with Crippen LogP contribution in [0, 0.1) is 0 Å². The van der Waals surface area contributed by atoms with Crippen molar-refractivity contribution < 1.29 is 20.9 Å². The van der Waals surface area contributed by atoms with Crippen LogP contribution in [0.2, 0.25) is 64.0 Å². The molecule has 3 radical (unpaired) electrons. The monoisotopic (exact) mass is 713 g/mol. The van der Waals surface area contributed by atoms with Crippen LogP contribution in [0.4, 0.5) is 0 Å². The molecule has 2 N–H and O–H groups in total. The first-order chi connectivity index (χ1) is 15.5. The predicted molar refractivity (Wildman–Crippen MR) is 171 cm³/mol. The summed E-state index contributed by atoms with van der Waals surface area (Å²) in [5, 5.41) is 6.82. The third-order valence-corrected chi connectivity index (χ3v) is 13.6. The molecule has 2 rings (SSSR count). The van der Waals surface area contributed by atoms with Gasteiger partial charge in [-0.05, 0) is 5.04 Å². The molecule has 0 aliphatic rings. The van der Waals surface area contributed by atoms with Gasteiger partial charge in [-0.2, -0.15) is 14.1 Å². The average molecular weight is 714 g/mol. The normalized spacial score (nSPS) is 10.2. The van der Waals surface area contributed by atoms with Gasteiger partial charge in [0.15, 0.2) is 0 Å². The van der Waals surface area contributed by atoms with Crippen LogP contribution in [0.3, 0.4) is 0 Å². The molecule has 0 aliphatic heterocycles. The number of benzene rings is 2. The van der Waals surface area contributed by atoms with E-state index in [1.807, 2.05) is 0 Å². The van der Waals surface area contributed by atoms with E-state index in [1.54, 1.807) is 14.1 Å². The van der Waals surface area contributed by atoms with E-state index in [0.717, 1.165) is 0 Å². The maximum atomic E-state index is 4.27. The van der Waals surface area contributed by atoms with E-state index < -0.39 is 17.0 Å². The molecule has 8 heteroatoms. The van der Waals surface area contributed by atoms with Crippen molar-refractivity contribution in [3.63, 3.8) is 0 Å². The molecule has 0 spiro atoms. The van der Waals surface area contributed by atoms with Gasteiger partial charge < -0.3 is 11.5 Å². The minimum absolute atomic E-state index is 0. The van der Waals surface area contributed by atoms with Gasteiger partial charge in [0.25, 0.3) is 0 Å². The van der Waals surface area contributed by atoms with Gasteiger partial charge in [-0.15, -0.1) is 0 Å². The third kappa shape index (κ3) is 31.7. The number of nitrogens with two attached hydrogens (primary N) is 1. The molecular weight excluding hydrogens is 660 g/mol. The largest absolute Gasteiger partial charge is 0.693 e. The smallest absolute Gasteiger partial charge is 0.0379 e. The Bertz CT molecular complexity index is 651. The van der Waals surface area contributed by atoms with Crippen LogP contribution in [0.1, 0.15) is 20.8 Å². The van der Waals surface area contributed by atoms with Gasteiger partial charge in [0.2, 0.25) is 0 Å². The Hall–Kier alpha value is -0.232. The molecule has 2 aromatic rings. The Morgan fingerprint density at radius 3 is 1.03 bits per heavy atom. The van der Waals surface area contributed by atoms with E-state index in [4.69, 9.17) is 0 Å². The Kier molecular flexibility index (Phi) is 28.9. The first-order valence-electron chi connectivity index (χ1n) is 11.9. The number of hydrogen-bond donors (Lipinski definition) is 0. The second-order valence-corrected chi connectivity index (χ2v) is 27.2. The maximum absolute atomic E-state index is 4.27. The zero-order chi connectivity index (χ0) is 27.4. The second-order valence-electron chi connectivity index (χ2n) is 11.1. The third-order valence-electron chi connectivity index (χ3n) is 3.17. The van der Waals surface area contributed by atoms with E-state index in [-0.39, 0.29) is 23.7 Å². The zero-order valence-corrected chi connectivity index (χ0v) is 32.4. The molecule has 3 nitrogen and oxygen atoms in total. The van der Waals surface area contributed by atoms with Crippen molar-refractivity contribution in [1.82, 2.24) is 0 Å². The summed E-state index contributed by atoms with van der Waals surface area (Å²) in [6, 6.07) is 21.9. The first kappa shape index (κ1) is 41.9. The van der Waals surface area contributed by atoms with Crippen molar-refractivity contribution in [1.29, 1.82) is 0 Å². The van der Waals surface area contributed by atoms with Gasteiger partial charge in [0, 0.05) is 17.6 Å². The van der Waals surface area contributed by atoms with Crippen molar-refractivity contribution >= 4 is 45.0 Å². The van der Waals surface area contributed by atoms with Crippen molar-refractivity contribution in [2.45, 2.75) is 84.7 Å². The minimum atomic E-state index is -0.957. The summed E-state index contributed by atoms with van der Waals surface area (Å²) in [5.74, 6) is 0. The van der Waals surface area contributed by atoms with E-state index in [0.29, 0.717) is 5.04 Å². The molecule has 0 aliphatic carbocycles. The number of hydrogen-bond acceptors (Lipinski definition) is 1. The molecule has 0 fully saturated rings. The predicted octanol–water partition coefficient (Wildman–Crippen LogP) is 8.73. The summed E-state index contributed by atoms with van der Waals surface area (Å²) < 4.78 is 4.27. The number of rotatable bonds is 3. The average Bonchev–Trinajstić information content (AvgIpc) is 2.68. The summed E-state index contributed by atoms with van der Waals surface area (Å²) in [5.41, 5.74) is 0. The van der Waals surface area contributed by atoms with Crippen molar-refractivity contribution in [3.05, 3.63) is 72.1 Å². The molecule has 0 atom stereocenters. The van der Waals surface area contributed by atoms with Gasteiger partial charge >= 0.3 is 51.8 Å². The molecule has 0 unspecified atom stereocenters. The first-order valence-corrected chi connectivity index (χ1v) is 24.3. The molecule has 35 heavy (non-hydrogen) atoms. The van der Waals surface area contributed by atoms with E-state index in [1.165, 1.54) is 31.3 Å². The maximum Gasteiger partial charge on any atom is 0.0379 e. The molecule has 0 amide bonds. The van der Waals surface area contributed by atoms with Crippen molar-refractivity contribution in [2.24, 2.45) is 3.00 Å². The molecule has 0 heterocycles. The summed E-state index contributed by atoms with van der Waals surface area (Å²) in [6.07, 6.45) is 0. The van der Waals surface area contributed by atoms with Gasteiger partial charge in [0.1, 0.15) is 8.80 Å². The van der Waals surface area contributed by atoms with Crippen LogP contribution in [-0.4, -0.2) is 48.7 Å². The Morgan fingerprint density at radius 1 is 0.686 bits per heavy atom. The van der Waals surface area contributed by atoms with Gasteiger partial charge in [-0.1, -0.05) is 131 Å². The summed E-state index contributed by atoms with van der Waals surface area (Å²) in [7, 11) is 2.07. The van der Waals surface area contributed by atoms with E-state index in [9.17, 15) is 0 Å². The quantitative estimate of drug-likeness (QED) is 0.286. The molecule has 200 valence electrons. The van der Waals surface area contributed by atoms with Crippen LogP contribution in [0.5, 0.6) is 0 Å². The fourth-order valence-corrected chi connectivity index (χ4v) is 5.36. The Morgan fingerprint density at radius 2 is 0.886 bits per heavy atom. The summed E-state index contributed by atoms with van der Waals surface area (Å²) in [6.45, 7) is 27.4. The fourth-order valence-electron chi connectivity index (χ4n) is 2.24. The van der Waals surface area contributed by atoms with Crippen molar-refractivity contribution in [3.8, 4) is 0 Å². The van der Waals surface area contributed by atoms with Crippen LogP contribution < -0.4 is 10.4 Å². The zero-order valence-electron chi connectivity index (χ0n) is 25.2. The number of nitrogens with zero attached hydrogens (tertiary/aromatic N) is 2. The van der Waals surface area contributed by atoms with E-state index in [2.05, 4.69) is 149 Å². The minimum Gasteiger partial charge on any atom is -0.693 e. The second kappa shape index (κ2) is 24.1. The van der Waals surface area contributed by atoms with Gasteiger partial charge in [-0.3, -0.25) is 0 Å². The molecular formula is C27H54N3Si4Ta-2. The SMILES string of the molecule is CC(C)(C)[Si](c1ccccc1)c1ccccc1.C[N-]C.C[Si](C)(C)[N]=[Ta].C[Si](C)C.C[Si](C)C.[NH2-]. The standard InChI is InChI=1S/C16H19Si.C3H9NSi.2C3H9Si.C2H6N.H2N.Ta/c1-16(2,3)17(14-10-6-4-7-11-14)15-12-8-5-9-13-15;1-5(2,3)4;2*1-4(2)3;1-3-2;;/h4-13H,1-3H3;1-3H3;2*1-3H3;1-2H3;1H2;/q;;;;2*-1;. The van der Waals surface area contributed by atoms with Crippen LogP contribution >= 0.6 is 0 Å².